The number of aromatic nitrogens is 2. The van der Waals surface area contributed by atoms with Crippen LogP contribution in [0.4, 0.5) is 4.39 Å². The number of aromatic amines is 1. The van der Waals surface area contributed by atoms with Crippen molar-refractivity contribution in [1.82, 2.24) is 9.55 Å². The minimum atomic E-state index is -0.470. The van der Waals surface area contributed by atoms with Gasteiger partial charge in [-0.25, -0.2) is 4.39 Å². The van der Waals surface area contributed by atoms with Crippen molar-refractivity contribution in [2.45, 2.75) is 0 Å². The number of nitriles is 1. The van der Waals surface area contributed by atoms with Crippen LogP contribution in [0.1, 0.15) is 5.56 Å². The number of hydrogen-bond donors (Lipinski definition) is 1. The molecule has 0 aliphatic carbocycles. The monoisotopic (exact) mass is 299 g/mol. The van der Waals surface area contributed by atoms with E-state index in [4.69, 9.17) is 22.2 Å². The van der Waals surface area contributed by atoms with Crippen LogP contribution in [0.2, 0.25) is 0 Å². The molecule has 0 bridgehead atoms. The third-order valence-electron chi connectivity index (χ3n) is 3.21. The molecule has 0 atom stereocenters. The molecule has 0 unspecified atom stereocenters. The van der Waals surface area contributed by atoms with Crippen molar-refractivity contribution in [2.75, 3.05) is 7.11 Å². The molecule has 0 spiro atoms. The molecular weight excluding hydrogens is 289 g/mol. The number of H-pyrrole nitrogens is 1. The van der Waals surface area contributed by atoms with Crippen molar-refractivity contribution in [3.63, 3.8) is 0 Å². The predicted molar refractivity (Wildman–Crippen MR) is 79.7 cm³/mol. The van der Waals surface area contributed by atoms with E-state index >= 15 is 0 Å². The van der Waals surface area contributed by atoms with Crippen molar-refractivity contribution in [1.29, 1.82) is 5.26 Å². The smallest absolute Gasteiger partial charge is 0.182 e. The second kappa shape index (κ2) is 5.04. The highest BCUT2D eigenvalue weighted by Crippen LogP contribution is 2.24. The van der Waals surface area contributed by atoms with E-state index in [0.29, 0.717) is 16.0 Å². The number of benzene rings is 2. The Hall–Kier alpha value is -2.65. The van der Waals surface area contributed by atoms with Gasteiger partial charge in [0.05, 0.1) is 35.5 Å². The van der Waals surface area contributed by atoms with Crippen molar-refractivity contribution in [2.24, 2.45) is 0 Å². The summed E-state index contributed by atoms with van der Waals surface area (Å²) in [5.41, 5.74) is 2.60. The highest BCUT2D eigenvalue weighted by atomic mass is 32.1. The Morgan fingerprint density at radius 2 is 2.10 bits per heavy atom. The third kappa shape index (κ3) is 2.18. The van der Waals surface area contributed by atoms with Gasteiger partial charge in [-0.05, 0) is 42.5 Å². The fraction of sp³-hybridized carbons (Fsp3) is 0.0667. The van der Waals surface area contributed by atoms with Gasteiger partial charge in [0.25, 0.3) is 0 Å². The van der Waals surface area contributed by atoms with Crippen LogP contribution in [-0.4, -0.2) is 16.7 Å². The summed E-state index contributed by atoms with van der Waals surface area (Å²) < 4.78 is 20.9. The lowest BCUT2D eigenvalue weighted by molar-refractivity contribution is 0.386. The van der Waals surface area contributed by atoms with Crippen molar-refractivity contribution in [3.05, 3.63) is 52.5 Å². The lowest BCUT2D eigenvalue weighted by atomic mass is 10.2. The second-order valence-corrected chi connectivity index (χ2v) is 4.81. The first-order valence-electron chi connectivity index (χ1n) is 6.13. The number of rotatable bonds is 2. The Kier molecular flexibility index (Phi) is 3.20. The van der Waals surface area contributed by atoms with Crippen LogP contribution in [0.25, 0.3) is 16.7 Å². The Morgan fingerprint density at radius 3 is 2.76 bits per heavy atom. The van der Waals surface area contributed by atoms with Gasteiger partial charge in [0.2, 0.25) is 0 Å². The van der Waals surface area contributed by atoms with Crippen LogP contribution in [0.3, 0.4) is 0 Å². The normalized spacial score (nSPS) is 10.5. The number of ether oxygens (including phenoxy) is 1. The zero-order chi connectivity index (χ0) is 15.0. The molecule has 1 N–H and O–H groups in total. The summed E-state index contributed by atoms with van der Waals surface area (Å²) >= 11 is 5.29. The number of nitrogens with one attached hydrogen (secondary N) is 1. The minimum absolute atomic E-state index is 0.169. The fourth-order valence-corrected chi connectivity index (χ4v) is 2.54. The molecule has 6 heteroatoms. The van der Waals surface area contributed by atoms with Gasteiger partial charge in [-0.3, -0.25) is 4.57 Å². The first-order valence-corrected chi connectivity index (χ1v) is 6.53. The molecule has 0 radical (unpaired) electrons. The van der Waals surface area contributed by atoms with E-state index in [9.17, 15) is 4.39 Å². The number of imidazole rings is 1. The average molecular weight is 299 g/mol. The van der Waals surface area contributed by atoms with E-state index in [-0.39, 0.29) is 5.75 Å². The molecule has 0 aliphatic heterocycles. The summed E-state index contributed by atoms with van der Waals surface area (Å²) in [4.78, 5) is 3.04. The van der Waals surface area contributed by atoms with Gasteiger partial charge >= 0.3 is 0 Å². The maximum atomic E-state index is 13.9. The quantitative estimate of drug-likeness (QED) is 0.734. The van der Waals surface area contributed by atoms with Gasteiger partial charge < -0.3 is 9.72 Å². The molecule has 3 aromatic rings. The van der Waals surface area contributed by atoms with E-state index in [0.717, 1.165) is 11.0 Å². The van der Waals surface area contributed by atoms with Crippen molar-refractivity contribution in [3.8, 4) is 17.5 Å². The molecule has 0 aliphatic rings. The molecule has 4 nitrogen and oxygen atoms in total. The summed E-state index contributed by atoms with van der Waals surface area (Å²) in [6.07, 6.45) is 0. The summed E-state index contributed by atoms with van der Waals surface area (Å²) in [5.74, 6) is -0.300. The molecule has 0 saturated heterocycles. The number of nitrogens with zero attached hydrogens (tertiary/aromatic N) is 2. The van der Waals surface area contributed by atoms with E-state index < -0.39 is 5.82 Å². The van der Waals surface area contributed by atoms with Crippen molar-refractivity contribution >= 4 is 23.3 Å². The van der Waals surface area contributed by atoms with E-state index in [1.165, 1.54) is 13.2 Å². The number of hydrogen-bond acceptors (Lipinski definition) is 3. The molecule has 2 aromatic carbocycles. The molecule has 0 fully saturated rings. The Labute approximate surface area is 125 Å². The number of methoxy groups -OCH3 is 1. The molecule has 1 aromatic heterocycles. The topological polar surface area (TPSA) is 53.7 Å². The fourth-order valence-electron chi connectivity index (χ4n) is 2.22. The predicted octanol–water partition coefficient (Wildman–Crippen LogP) is 3.71. The number of fused-ring (bicyclic) bond motifs is 1. The molecule has 0 saturated carbocycles. The summed E-state index contributed by atoms with van der Waals surface area (Å²) in [7, 11) is 1.41. The van der Waals surface area contributed by atoms with E-state index in [1.807, 2.05) is 0 Å². The van der Waals surface area contributed by atoms with Gasteiger partial charge in [-0.2, -0.15) is 5.26 Å². The summed E-state index contributed by atoms with van der Waals surface area (Å²) in [6, 6.07) is 11.9. The maximum Gasteiger partial charge on any atom is 0.182 e. The summed E-state index contributed by atoms with van der Waals surface area (Å²) in [5, 5.41) is 9.01. The first-order chi connectivity index (χ1) is 10.1. The Morgan fingerprint density at radius 1 is 1.29 bits per heavy atom. The molecule has 1 heterocycles. The van der Waals surface area contributed by atoms with E-state index in [2.05, 4.69) is 11.1 Å². The first kappa shape index (κ1) is 13.3. The SMILES string of the molecule is COc1ccc(-n2c(=S)[nH]c3ccc(C#N)cc32)cc1F. The molecule has 104 valence electrons. The number of halogens is 1. The highest BCUT2D eigenvalue weighted by molar-refractivity contribution is 7.71. The van der Waals surface area contributed by atoms with Gasteiger partial charge in [0.15, 0.2) is 16.3 Å². The summed E-state index contributed by atoms with van der Waals surface area (Å²) in [6.45, 7) is 0. The lowest BCUT2D eigenvalue weighted by Gasteiger charge is -2.07. The zero-order valence-corrected chi connectivity index (χ0v) is 11.9. The largest absolute Gasteiger partial charge is 0.494 e. The Balaban J connectivity index is 2.29. The lowest BCUT2D eigenvalue weighted by Crippen LogP contribution is -1.96. The second-order valence-electron chi connectivity index (χ2n) is 4.43. The van der Waals surface area contributed by atoms with Crippen LogP contribution in [0, 0.1) is 21.9 Å². The zero-order valence-electron chi connectivity index (χ0n) is 11.1. The minimum Gasteiger partial charge on any atom is -0.494 e. The van der Waals surface area contributed by atoms with Crippen LogP contribution >= 0.6 is 12.2 Å². The molecule has 0 amide bonds. The van der Waals surface area contributed by atoms with Gasteiger partial charge in [-0.1, -0.05) is 0 Å². The van der Waals surface area contributed by atoms with Crippen LogP contribution in [-0.2, 0) is 0 Å². The van der Waals surface area contributed by atoms with Crippen LogP contribution in [0.15, 0.2) is 36.4 Å². The van der Waals surface area contributed by atoms with Gasteiger partial charge in [0.1, 0.15) is 0 Å². The van der Waals surface area contributed by atoms with Crippen LogP contribution < -0.4 is 4.74 Å². The standard InChI is InChI=1S/C15H10FN3OS/c1-20-14-5-3-10(7-11(14)16)19-13-6-9(8-17)2-4-12(13)18-15(19)21/h2-7H,1H3,(H,18,21). The van der Waals surface area contributed by atoms with Gasteiger partial charge in [0, 0.05) is 6.07 Å². The molecular formula is C15H10FN3OS. The third-order valence-corrected chi connectivity index (χ3v) is 3.49. The van der Waals surface area contributed by atoms with Crippen molar-refractivity contribution < 1.29 is 9.13 Å². The van der Waals surface area contributed by atoms with Gasteiger partial charge in [-0.15, -0.1) is 0 Å². The Bertz CT molecular complexity index is 936. The van der Waals surface area contributed by atoms with E-state index in [1.54, 1.807) is 34.9 Å². The average Bonchev–Trinajstić information content (AvgIpc) is 2.81. The molecule has 3 rings (SSSR count). The van der Waals surface area contributed by atoms with Crippen LogP contribution in [0.5, 0.6) is 5.75 Å². The maximum absolute atomic E-state index is 13.9. The molecule has 21 heavy (non-hydrogen) atoms. The highest BCUT2D eigenvalue weighted by Gasteiger charge is 2.10.